The molecule has 0 aromatic carbocycles. The highest BCUT2D eigenvalue weighted by Crippen LogP contribution is 2.17. The summed E-state index contributed by atoms with van der Waals surface area (Å²) in [6, 6.07) is 1.54. The van der Waals surface area contributed by atoms with Crippen molar-refractivity contribution < 1.29 is 4.79 Å². The van der Waals surface area contributed by atoms with Gasteiger partial charge in [-0.1, -0.05) is 11.6 Å². The number of anilines is 1. The summed E-state index contributed by atoms with van der Waals surface area (Å²) in [5, 5.41) is 3.09. The molecule has 0 fully saturated rings. The van der Waals surface area contributed by atoms with E-state index in [1.807, 2.05) is 0 Å². The Hall–Kier alpha value is -1.29. The molecule has 1 rings (SSSR count). The lowest BCUT2D eigenvalue weighted by atomic mass is 10.3. The first-order valence-corrected chi connectivity index (χ1v) is 3.66. The molecule has 1 heterocycles. The summed E-state index contributed by atoms with van der Waals surface area (Å²) in [5.74, 6) is 0.0279. The fraction of sp³-hybridized carbons (Fsp3) is 0.143. The molecule has 4 nitrogen and oxygen atoms in total. The smallest absolute Gasteiger partial charge is 0.251 e. The van der Waals surface area contributed by atoms with Gasteiger partial charge in [0, 0.05) is 13.2 Å². The van der Waals surface area contributed by atoms with Crippen LogP contribution < -0.4 is 11.1 Å². The Morgan fingerprint density at radius 3 is 2.83 bits per heavy atom. The van der Waals surface area contributed by atoms with Gasteiger partial charge in [0.05, 0.1) is 10.6 Å². The Morgan fingerprint density at radius 1 is 1.75 bits per heavy atom. The van der Waals surface area contributed by atoms with Crippen molar-refractivity contribution in [1.82, 2.24) is 4.98 Å². The minimum atomic E-state index is -0.574. The Labute approximate surface area is 74.7 Å². The summed E-state index contributed by atoms with van der Waals surface area (Å²) < 4.78 is 0. The maximum atomic E-state index is 10.7. The third-order valence-electron chi connectivity index (χ3n) is 1.38. The third kappa shape index (κ3) is 1.65. The third-order valence-corrected chi connectivity index (χ3v) is 1.69. The predicted octanol–water partition coefficient (Wildman–Crippen LogP) is 0.876. The van der Waals surface area contributed by atoms with Gasteiger partial charge in [0.2, 0.25) is 0 Å². The van der Waals surface area contributed by atoms with Crippen LogP contribution in [0.5, 0.6) is 0 Å². The Bertz CT molecular complexity index is 314. The number of primary amides is 1. The Morgan fingerprint density at radius 2 is 2.42 bits per heavy atom. The van der Waals surface area contributed by atoms with Crippen LogP contribution >= 0.6 is 11.6 Å². The molecule has 5 heteroatoms. The van der Waals surface area contributed by atoms with Gasteiger partial charge in [-0.2, -0.15) is 0 Å². The molecule has 0 saturated heterocycles. The van der Waals surface area contributed by atoms with E-state index >= 15 is 0 Å². The van der Waals surface area contributed by atoms with E-state index in [0.717, 1.165) is 0 Å². The number of rotatable bonds is 2. The first-order chi connectivity index (χ1) is 5.65. The van der Waals surface area contributed by atoms with Crippen molar-refractivity contribution in [3.8, 4) is 0 Å². The Kier molecular flexibility index (Phi) is 2.50. The Balaban J connectivity index is 3.12. The van der Waals surface area contributed by atoms with Crippen LogP contribution in [0.15, 0.2) is 12.3 Å². The second kappa shape index (κ2) is 3.40. The van der Waals surface area contributed by atoms with Gasteiger partial charge < -0.3 is 11.1 Å². The van der Waals surface area contributed by atoms with Crippen LogP contribution in [0, 0.1) is 0 Å². The van der Waals surface area contributed by atoms with E-state index in [4.69, 9.17) is 17.3 Å². The van der Waals surface area contributed by atoms with Crippen LogP contribution in [0.4, 0.5) is 5.82 Å². The highest BCUT2D eigenvalue weighted by molar-refractivity contribution is 6.33. The molecule has 0 radical (unpaired) electrons. The van der Waals surface area contributed by atoms with E-state index in [1.54, 1.807) is 13.1 Å². The lowest BCUT2D eigenvalue weighted by molar-refractivity contribution is 0.1000. The number of hydrogen-bond donors (Lipinski definition) is 2. The summed E-state index contributed by atoms with van der Waals surface area (Å²) in [4.78, 5) is 14.6. The normalized spacial score (nSPS) is 9.50. The topological polar surface area (TPSA) is 68.0 Å². The van der Waals surface area contributed by atoms with Crippen molar-refractivity contribution in [3.05, 3.63) is 22.8 Å². The van der Waals surface area contributed by atoms with Crippen LogP contribution in [-0.4, -0.2) is 17.9 Å². The average molecular weight is 186 g/mol. The molecule has 12 heavy (non-hydrogen) atoms. The average Bonchev–Trinajstić information content (AvgIpc) is 2.03. The molecule has 0 bridgehead atoms. The summed E-state index contributed by atoms with van der Waals surface area (Å²) in [6.07, 6.45) is 1.34. The maximum absolute atomic E-state index is 10.7. The van der Waals surface area contributed by atoms with E-state index in [1.165, 1.54) is 6.20 Å². The number of nitrogens with two attached hydrogens (primary N) is 1. The van der Waals surface area contributed by atoms with E-state index < -0.39 is 5.91 Å². The molecule has 0 aliphatic carbocycles. The van der Waals surface area contributed by atoms with Crippen molar-refractivity contribution in [2.45, 2.75) is 0 Å². The van der Waals surface area contributed by atoms with Gasteiger partial charge in [0.1, 0.15) is 5.82 Å². The van der Waals surface area contributed by atoms with E-state index in [2.05, 4.69) is 10.3 Å². The van der Waals surface area contributed by atoms with Crippen molar-refractivity contribution in [2.75, 3.05) is 12.4 Å². The predicted molar refractivity (Wildman–Crippen MR) is 47.3 cm³/mol. The molecule has 0 saturated carbocycles. The first-order valence-electron chi connectivity index (χ1n) is 3.28. The van der Waals surface area contributed by atoms with Crippen LogP contribution in [0.1, 0.15) is 10.4 Å². The van der Waals surface area contributed by atoms with Crippen molar-refractivity contribution in [3.63, 3.8) is 0 Å². The molecule has 0 aliphatic rings. The van der Waals surface area contributed by atoms with Crippen LogP contribution in [0.2, 0.25) is 5.02 Å². The number of nitrogens with zero attached hydrogens (tertiary/aromatic N) is 1. The zero-order valence-electron chi connectivity index (χ0n) is 6.47. The van der Waals surface area contributed by atoms with Gasteiger partial charge in [-0.25, -0.2) is 4.98 Å². The van der Waals surface area contributed by atoms with Crippen molar-refractivity contribution in [1.29, 1.82) is 0 Å². The number of carbonyl (C=O) groups excluding carboxylic acids is 1. The summed E-state index contributed by atoms with van der Waals surface area (Å²) in [5.41, 5.74) is 5.25. The second-order valence-corrected chi connectivity index (χ2v) is 2.57. The number of aromatic nitrogens is 1. The number of nitrogens with one attached hydrogen (secondary N) is 1. The summed E-state index contributed by atoms with van der Waals surface area (Å²) in [6.45, 7) is 0. The van der Waals surface area contributed by atoms with Crippen molar-refractivity contribution >= 4 is 23.3 Å². The lowest BCUT2D eigenvalue weighted by Gasteiger charge is -2.01. The molecule has 3 N–H and O–H groups in total. The number of pyridine rings is 1. The fourth-order valence-corrected chi connectivity index (χ4v) is 0.994. The molecule has 1 aromatic rings. The molecule has 0 atom stereocenters. The summed E-state index contributed by atoms with van der Waals surface area (Å²) >= 11 is 5.72. The molecular formula is C7H8ClN3O. The SMILES string of the molecule is CNc1cc(Cl)c(C(N)=O)cn1. The monoisotopic (exact) mass is 185 g/mol. The van der Waals surface area contributed by atoms with Gasteiger partial charge in [0.25, 0.3) is 5.91 Å². The van der Waals surface area contributed by atoms with Crippen LogP contribution in [-0.2, 0) is 0 Å². The molecule has 0 aliphatic heterocycles. The number of amides is 1. The quantitative estimate of drug-likeness (QED) is 0.719. The standard InChI is InChI=1S/C7H8ClN3O/c1-10-6-2-5(8)4(3-11-6)7(9)12/h2-3H,1H3,(H2,9,12)(H,10,11). The summed E-state index contributed by atoms with van der Waals surface area (Å²) in [7, 11) is 1.71. The second-order valence-electron chi connectivity index (χ2n) is 2.16. The minimum Gasteiger partial charge on any atom is -0.373 e. The highest BCUT2D eigenvalue weighted by Gasteiger charge is 2.06. The van der Waals surface area contributed by atoms with Gasteiger partial charge in [-0.05, 0) is 6.07 Å². The van der Waals surface area contributed by atoms with Gasteiger partial charge in [-0.3, -0.25) is 4.79 Å². The molecule has 0 unspecified atom stereocenters. The van der Waals surface area contributed by atoms with Crippen LogP contribution in [0.25, 0.3) is 0 Å². The largest absolute Gasteiger partial charge is 0.373 e. The number of hydrogen-bond acceptors (Lipinski definition) is 3. The van der Waals surface area contributed by atoms with Crippen molar-refractivity contribution in [2.24, 2.45) is 5.73 Å². The lowest BCUT2D eigenvalue weighted by Crippen LogP contribution is -2.12. The van der Waals surface area contributed by atoms with Gasteiger partial charge in [0.15, 0.2) is 0 Å². The molecular weight excluding hydrogens is 178 g/mol. The number of halogens is 1. The first kappa shape index (κ1) is 8.80. The molecule has 1 aromatic heterocycles. The van der Waals surface area contributed by atoms with Gasteiger partial charge >= 0.3 is 0 Å². The minimum absolute atomic E-state index is 0.232. The molecule has 0 spiro atoms. The van der Waals surface area contributed by atoms with E-state index in [0.29, 0.717) is 10.8 Å². The zero-order chi connectivity index (χ0) is 9.14. The maximum Gasteiger partial charge on any atom is 0.251 e. The molecule has 64 valence electrons. The highest BCUT2D eigenvalue weighted by atomic mass is 35.5. The van der Waals surface area contributed by atoms with E-state index in [9.17, 15) is 4.79 Å². The van der Waals surface area contributed by atoms with Gasteiger partial charge in [-0.15, -0.1) is 0 Å². The fourth-order valence-electron chi connectivity index (χ4n) is 0.749. The van der Waals surface area contributed by atoms with Crippen LogP contribution in [0.3, 0.4) is 0 Å². The zero-order valence-corrected chi connectivity index (χ0v) is 7.22. The van der Waals surface area contributed by atoms with E-state index in [-0.39, 0.29) is 5.56 Å². The molecule has 1 amide bonds. The number of carbonyl (C=O) groups is 1.